The predicted molar refractivity (Wildman–Crippen MR) is 104 cm³/mol. The third-order valence-electron chi connectivity index (χ3n) is 4.90. The highest BCUT2D eigenvalue weighted by Crippen LogP contribution is 2.52. The van der Waals surface area contributed by atoms with Gasteiger partial charge in [0.2, 0.25) is 0 Å². The second-order valence-electron chi connectivity index (χ2n) is 6.80. The maximum atomic E-state index is 11.2. The van der Waals surface area contributed by atoms with Gasteiger partial charge in [0.05, 0.1) is 11.4 Å². The summed E-state index contributed by atoms with van der Waals surface area (Å²) in [6.45, 7) is 0.287. The molecule has 26 heavy (non-hydrogen) atoms. The van der Waals surface area contributed by atoms with Gasteiger partial charge in [0.15, 0.2) is 0 Å². The summed E-state index contributed by atoms with van der Waals surface area (Å²) in [5, 5.41) is 15.3. The molecule has 0 spiro atoms. The van der Waals surface area contributed by atoms with E-state index in [-0.39, 0.29) is 6.54 Å². The van der Waals surface area contributed by atoms with Crippen molar-refractivity contribution in [3.05, 3.63) is 78.9 Å². The van der Waals surface area contributed by atoms with Gasteiger partial charge in [-0.25, -0.2) is 9.67 Å². The van der Waals surface area contributed by atoms with E-state index in [0.717, 1.165) is 24.0 Å². The lowest BCUT2D eigenvalue weighted by molar-refractivity contribution is 0.0564. The molecule has 1 fully saturated rings. The molecule has 0 bridgehead atoms. The Morgan fingerprint density at radius 2 is 1.77 bits per heavy atom. The molecule has 2 aromatic carbocycles. The minimum Gasteiger partial charge on any atom is -0.382 e. The van der Waals surface area contributed by atoms with Crippen LogP contribution in [0, 0.1) is 0 Å². The van der Waals surface area contributed by atoms with E-state index in [1.807, 2.05) is 36.4 Å². The molecular weight excluding hydrogens is 346 g/mol. The summed E-state index contributed by atoms with van der Waals surface area (Å²) >= 11 is 6.58. The molecule has 1 heterocycles. The van der Waals surface area contributed by atoms with Crippen LogP contribution in [0.15, 0.2) is 73.3 Å². The Bertz CT molecular complexity index is 887. The number of alkyl halides is 1. The molecule has 1 N–H and O–H groups in total. The molecule has 1 saturated carbocycles. The van der Waals surface area contributed by atoms with Crippen molar-refractivity contribution in [1.82, 2.24) is 14.8 Å². The standard InChI is InChI=1S/C21H20ClN3O/c22-20(12-13-20)21(26,14-25-16-23-15-24-25)11-10-17-6-8-19(9-7-17)18-4-2-1-3-5-18/h1-11,15-16,26H,12-14H2. The molecule has 0 aliphatic heterocycles. The van der Waals surface area contributed by atoms with Gasteiger partial charge in [0, 0.05) is 0 Å². The van der Waals surface area contributed by atoms with E-state index in [0.29, 0.717) is 0 Å². The molecular formula is C21H20ClN3O. The number of aliphatic hydroxyl groups is 1. The highest BCUT2D eigenvalue weighted by molar-refractivity contribution is 6.27. The predicted octanol–water partition coefficient (Wildman–Crippen LogP) is 4.16. The van der Waals surface area contributed by atoms with Crippen molar-refractivity contribution < 1.29 is 5.11 Å². The third kappa shape index (κ3) is 3.43. The fourth-order valence-corrected chi connectivity index (χ4v) is 3.32. The third-order valence-corrected chi connectivity index (χ3v) is 5.61. The van der Waals surface area contributed by atoms with E-state index in [4.69, 9.17) is 11.6 Å². The van der Waals surface area contributed by atoms with Crippen molar-refractivity contribution in [3.63, 3.8) is 0 Å². The fourth-order valence-electron chi connectivity index (χ4n) is 3.10. The summed E-state index contributed by atoms with van der Waals surface area (Å²) in [4.78, 5) is 3.31. The second kappa shape index (κ2) is 6.71. The molecule has 5 heteroatoms. The van der Waals surface area contributed by atoms with E-state index in [9.17, 15) is 5.11 Å². The van der Waals surface area contributed by atoms with Crippen LogP contribution in [0.3, 0.4) is 0 Å². The van der Waals surface area contributed by atoms with E-state index in [1.165, 1.54) is 11.9 Å². The van der Waals surface area contributed by atoms with Crippen molar-refractivity contribution in [2.24, 2.45) is 0 Å². The Labute approximate surface area is 157 Å². The van der Waals surface area contributed by atoms with Crippen LogP contribution in [0.5, 0.6) is 0 Å². The van der Waals surface area contributed by atoms with Crippen molar-refractivity contribution in [2.45, 2.75) is 29.9 Å². The zero-order valence-corrected chi connectivity index (χ0v) is 15.0. The molecule has 3 aromatic rings. The van der Waals surface area contributed by atoms with Gasteiger partial charge in [-0.2, -0.15) is 5.10 Å². The summed E-state index contributed by atoms with van der Waals surface area (Å²) < 4.78 is 1.62. The zero-order valence-electron chi connectivity index (χ0n) is 14.3. The highest BCUT2D eigenvalue weighted by atomic mass is 35.5. The van der Waals surface area contributed by atoms with Gasteiger partial charge >= 0.3 is 0 Å². The van der Waals surface area contributed by atoms with E-state index in [2.05, 4.69) is 34.3 Å². The Hall–Kier alpha value is -2.43. The van der Waals surface area contributed by atoms with Crippen LogP contribution in [0.4, 0.5) is 0 Å². The average molecular weight is 366 g/mol. The van der Waals surface area contributed by atoms with E-state index in [1.54, 1.807) is 17.1 Å². The molecule has 1 aliphatic rings. The van der Waals surface area contributed by atoms with Gasteiger partial charge < -0.3 is 5.11 Å². The molecule has 1 atom stereocenters. The number of rotatable bonds is 6. The average Bonchev–Trinajstić information content (AvgIpc) is 3.24. The molecule has 4 rings (SSSR count). The van der Waals surface area contributed by atoms with Crippen molar-refractivity contribution >= 4 is 17.7 Å². The van der Waals surface area contributed by atoms with Crippen LogP contribution < -0.4 is 0 Å². The molecule has 0 amide bonds. The molecule has 0 radical (unpaired) electrons. The summed E-state index contributed by atoms with van der Waals surface area (Å²) in [6.07, 6.45) is 8.35. The molecule has 1 unspecified atom stereocenters. The normalized spacial score (nSPS) is 17.9. The van der Waals surface area contributed by atoms with Crippen molar-refractivity contribution in [2.75, 3.05) is 0 Å². The first kappa shape index (κ1) is 17.0. The Morgan fingerprint density at radius 3 is 2.38 bits per heavy atom. The SMILES string of the molecule is OC(C=Cc1ccc(-c2ccccc2)cc1)(Cn1cncn1)C1(Cl)CC1. The number of aromatic nitrogens is 3. The first-order valence-electron chi connectivity index (χ1n) is 8.67. The van der Waals surface area contributed by atoms with E-state index < -0.39 is 10.5 Å². The monoisotopic (exact) mass is 365 g/mol. The summed E-state index contributed by atoms with van der Waals surface area (Å²) in [5.41, 5.74) is 2.20. The lowest BCUT2D eigenvalue weighted by Gasteiger charge is -2.29. The smallest absolute Gasteiger partial charge is 0.137 e. The van der Waals surface area contributed by atoms with Crippen molar-refractivity contribution in [3.8, 4) is 11.1 Å². The van der Waals surface area contributed by atoms with Gasteiger partial charge in [-0.3, -0.25) is 0 Å². The largest absolute Gasteiger partial charge is 0.382 e. The number of hydrogen-bond acceptors (Lipinski definition) is 3. The zero-order chi connectivity index (χ0) is 18.0. The number of halogens is 1. The number of benzene rings is 2. The van der Waals surface area contributed by atoms with Crippen LogP contribution in [0.25, 0.3) is 17.2 Å². The highest BCUT2D eigenvalue weighted by Gasteiger charge is 2.56. The van der Waals surface area contributed by atoms with Crippen LogP contribution >= 0.6 is 11.6 Å². The molecule has 1 aromatic heterocycles. The van der Waals surface area contributed by atoms with Crippen LogP contribution in [0.2, 0.25) is 0 Å². The maximum absolute atomic E-state index is 11.2. The molecule has 1 aliphatic carbocycles. The lowest BCUT2D eigenvalue weighted by Crippen LogP contribution is -2.43. The molecule has 4 nitrogen and oxygen atoms in total. The first-order chi connectivity index (χ1) is 12.6. The number of nitrogens with zero attached hydrogens (tertiary/aromatic N) is 3. The number of hydrogen-bond donors (Lipinski definition) is 1. The Kier molecular flexibility index (Phi) is 4.39. The van der Waals surface area contributed by atoms with Crippen LogP contribution in [-0.2, 0) is 6.54 Å². The summed E-state index contributed by atoms with van der Waals surface area (Å²) in [6, 6.07) is 18.5. The van der Waals surface area contributed by atoms with Crippen LogP contribution in [0.1, 0.15) is 18.4 Å². The first-order valence-corrected chi connectivity index (χ1v) is 9.04. The van der Waals surface area contributed by atoms with Gasteiger partial charge in [-0.05, 0) is 35.6 Å². The topological polar surface area (TPSA) is 50.9 Å². The summed E-state index contributed by atoms with van der Waals surface area (Å²) in [7, 11) is 0. The maximum Gasteiger partial charge on any atom is 0.137 e. The Morgan fingerprint density at radius 1 is 1.08 bits per heavy atom. The quantitative estimate of drug-likeness (QED) is 0.667. The summed E-state index contributed by atoms with van der Waals surface area (Å²) in [5.74, 6) is 0. The lowest BCUT2D eigenvalue weighted by atomic mass is 9.95. The molecule has 132 valence electrons. The van der Waals surface area contributed by atoms with Crippen LogP contribution in [-0.4, -0.2) is 30.3 Å². The minimum atomic E-state index is -1.17. The fraction of sp³-hybridized carbons (Fsp3) is 0.238. The molecule has 0 saturated heterocycles. The van der Waals surface area contributed by atoms with Gasteiger partial charge in [0.1, 0.15) is 18.3 Å². The second-order valence-corrected chi connectivity index (χ2v) is 7.53. The van der Waals surface area contributed by atoms with Gasteiger partial charge in [-0.1, -0.05) is 60.7 Å². The van der Waals surface area contributed by atoms with E-state index >= 15 is 0 Å². The van der Waals surface area contributed by atoms with Crippen molar-refractivity contribution in [1.29, 1.82) is 0 Å². The minimum absolute atomic E-state index is 0.287. The van der Waals surface area contributed by atoms with Gasteiger partial charge in [0.25, 0.3) is 0 Å². The van der Waals surface area contributed by atoms with Gasteiger partial charge in [-0.15, -0.1) is 11.6 Å². The Balaban J connectivity index is 1.55.